The second-order valence-corrected chi connectivity index (χ2v) is 4.39. The van der Waals surface area contributed by atoms with Crippen LogP contribution in [0.25, 0.3) is 0 Å². The Morgan fingerprint density at radius 2 is 2.07 bits per heavy atom. The maximum Gasteiger partial charge on any atom is 0.0695 e. The Morgan fingerprint density at radius 1 is 1.43 bits per heavy atom. The molecule has 0 amide bonds. The third-order valence-electron chi connectivity index (χ3n) is 3.32. The van der Waals surface area contributed by atoms with E-state index in [1.54, 1.807) is 7.11 Å². The molecule has 1 aliphatic carbocycles. The van der Waals surface area contributed by atoms with E-state index in [0.29, 0.717) is 12.1 Å². The molecule has 0 saturated heterocycles. The Hall–Kier alpha value is -0.120. The van der Waals surface area contributed by atoms with Crippen LogP contribution in [0.4, 0.5) is 0 Å². The summed E-state index contributed by atoms with van der Waals surface area (Å²) < 4.78 is 5.13. The first-order chi connectivity index (χ1) is 6.66. The molecule has 0 bridgehead atoms. The van der Waals surface area contributed by atoms with E-state index < -0.39 is 0 Å². The summed E-state index contributed by atoms with van der Waals surface area (Å²) in [6.45, 7) is 2.88. The normalized spacial score (nSPS) is 30.6. The van der Waals surface area contributed by atoms with Crippen LogP contribution >= 0.6 is 0 Å². The highest BCUT2D eigenvalue weighted by molar-refractivity contribution is 4.83. The maximum atomic E-state index is 9.87. The summed E-state index contributed by atoms with van der Waals surface area (Å²) in [5, 5.41) is 9.87. The summed E-state index contributed by atoms with van der Waals surface area (Å²) in [7, 11) is 3.81. The van der Waals surface area contributed by atoms with E-state index in [-0.39, 0.29) is 6.10 Å². The van der Waals surface area contributed by atoms with Crippen molar-refractivity contribution in [3.63, 3.8) is 0 Å². The number of likely N-dealkylation sites (N-methyl/N-ethyl adjacent to an activating group) is 1. The van der Waals surface area contributed by atoms with Crippen LogP contribution in [-0.4, -0.2) is 49.0 Å². The van der Waals surface area contributed by atoms with Crippen molar-refractivity contribution in [3.05, 3.63) is 0 Å². The molecule has 1 unspecified atom stereocenters. The molecule has 1 N–H and O–H groups in total. The average molecular weight is 201 g/mol. The molecule has 0 aromatic heterocycles. The Morgan fingerprint density at radius 3 is 2.64 bits per heavy atom. The molecule has 1 rings (SSSR count). The summed E-state index contributed by atoms with van der Waals surface area (Å²) in [5.41, 5.74) is 0. The third-order valence-corrected chi connectivity index (χ3v) is 3.32. The molecule has 0 heterocycles. The average Bonchev–Trinajstić information content (AvgIpc) is 2.18. The number of ether oxygens (including phenoxy) is 1. The van der Waals surface area contributed by atoms with Gasteiger partial charge in [-0.3, -0.25) is 4.90 Å². The predicted octanol–water partition coefficient (Wildman–Crippen LogP) is 1.26. The van der Waals surface area contributed by atoms with Gasteiger partial charge in [-0.05, 0) is 26.8 Å². The third kappa shape index (κ3) is 2.94. The number of hydrogen-bond acceptors (Lipinski definition) is 3. The van der Waals surface area contributed by atoms with E-state index >= 15 is 0 Å². The summed E-state index contributed by atoms with van der Waals surface area (Å²) in [6.07, 6.45) is 4.34. The zero-order valence-electron chi connectivity index (χ0n) is 9.57. The van der Waals surface area contributed by atoms with Gasteiger partial charge in [-0.25, -0.2) is 0 Å². The lowest BCUT2D eigenvalue weighted by Crippen LogP contribution is -2.48. The first-order valence-electron chi connectivity index (χ1n) is 5.55. The molecule has 0 aliphatic heterocycles. The number of nitrogens with zero attached hydrogens (tertiary/aromatic N) is 1. The van der Waals surface area contributed by atoms with Gasteiger partial charge >= 0.3 is 0 Å². The van der Waals surface area contributed by atoms with Gasteiger partial charge in [0.05, 0.1) is 12.7 Å². The van der Waals surface area contributed by atoms with Crippen LogP contribution in [0.1, 0.15) is 32.6 Å². The molecular weight excluding hydrogens is 178 g/mol. The van der Waals surface area contributed by atoms with Crippen LogP contribution in [0, 0.1) is 0 Å². The Kier molecular flexibility index (Phi) is 4.85. The molecule has 14 heavy (non-hydrogen) atoms. The van der Waals surface area contributed by atoms with E-state index in [1.807, 2.05) is 0 Å². The zero-order chi connectivity index (χ0) is 10.6. The minimum absolute atomic E-state index is 0.145. The topological polar surface area (TPSA) is 32.7 Å². The predicted molar refractivity (Wildman–Crippen MR) is 57.4 cm³/mol. The molecule has 84 valence electrons. The molecule has 0 spiro atoms. The van der Waals surface area contributed by atoms with Crippen molar-refractivity contribution in [3.8, 4) is 0 Å². The lowest BCUT2D eigenvalue weighted by Gasteiger charge is -2.38. The minimum Gasteiger partial charge on any atom is -0.391 e. The summed E-state index contributed by atoms with van der Waals surface area (Å²) in [5.74, 6) is 0. The maximum absolute atomic E-state index is 9.87. The van der Waals surface area contributed by atoms with Crippen molar-refractivity contribution in [2.45, 2.75) is 50.8 Å². The van der Waals surface area contributed by atoms with Gasteiger partial charge in [0, 0.05) is 19.2 Å². The molecular formula is C11H23NO2. The highest BCUT2D eigenvalue weighted by Gasteiger charge is 2.28. The van der Waals surface area contributed by atoms with Crippen molar-refractivity contribution in [2.24, 2.45) is 0 Å². The summed E-state index contributed by atoms with van der Waals surface area (Å²) >= 11 is 0. The van der Waals surface area contributed by atoms with Gasteiger partial charge in [0.25, 0.3) is 0 Å². The van der Waals surface area contributed by atoms with Crippen LogP contribution < -0.4 is 0 Å². The van der Waals surface area contributed by atoms with E-state index in [0.717, 1.165) is 19.4 Å². The first-order valence-corrected chi connectivity index (χ1v) is 5.55. The number of methoxy groups -OCH3 is 1. The van der Waals surface area contributed by atoms with E-state index in [9.17, 15) is 5.11 Å². The quantitative estimate of drug-likeness (QED) is 0.743. The molecule has 1 aliphatic rings. The lowest BCUT2D eigenvalue weighted by atomic mass is 9.91. The van der Waals surface area contributed by atoms with Crippen LogP contribution in [0.3, 0.4) is 0 Å². The standard InChI is InChI=1S/C11H23NO2/c1-9(8-14-3)12(2)10-6-4-5-7-11(10)13/h9-11,13H,4-8H2,1-3H3/t9?,10-,11-/m1/s1. The number of aliphatic hydroxyl groups is 1. The summed E-state index contributed by atoms with van der Waals surface area (Å²) in [4.78, 5) is 2.26. The van der Waals surface area contributed by atoms with Gasteiger partial charge in [-0.1, -0.05) is 12.8 Å². The number of hydrogen-bond donors (Lipinski definition) is 1. The Bertz CT molecular complexity index is 163. The van der Waals surface area contributed by atoms with E-state index in [1.165, 1.54) is 12.8 Å². The molecule has 3 heteroatoms. The van der Waals surface area contributed by atoms with Crippen LogP contribution in [0.2, 0.25) is 0 Å². The monoisotopic (exact) mass is 201 g/mol. The van der Waals surface area contributed by atoms with Crippen molar-refractivity contribution in [1.29, 1.82) is 0 Å². The van der Waals surface area contributed by atoms with Crippen molar-refractivity contribution < 1.29 is 9.84 Å². The van der Waals surface area contributed by atoms with E-state index in [2.05, 4.69) is 18.9 Å². The van der Waals surface area contributed by atoms with Gasteiger partial charge in [0.2, 0.25) is 0 Å². The minimum atomic E-state index is -0.145. The van der Waals surface area contributed by atoms with Crippen molar-refractivity contribution in [2.75, 3.05) is 20.8 Å². The van der Waals surface area contributed by atoms with Gasteiger partial charge in [0.15, 0.2) is 0 Å². The molecule has 0 radical (unpaired) electrons. The van der Waals surface area contributed by atoms with Gasteiger partial charge in [0.1, 0.15) is 0 Å². The summed E-state index contributed by atoms with van der Waals surface area (Å²) in [6, 6.07) is 0.714. The van der Waals surface area contributed by atoms with Gasteiger partial charge in [-0.2, -0.15) is 0 Å². The Balaban J connectivity index is 2.44. The van der Waals surface area contributed by atoms with Crippen LogP contribution in [-0.2, 0) is 4.74 Å². The fourth-order valence-corrected chi connectivity index (χ4v) is 2.25. The largest absolute Gasteiger partial charge is 0.391 e. The van der Waals surface area contributed by atoms with Crippen molar-refractivity contribution in [1.82, 2.24) is 4.90 Å². The molecule has 1 saturated carbocycles. The number of rotatable bonds is 4. The zero-order valence-corrected chi connectivity index (χ0v) is 9.57. The Labute approximate surface area is 87.1 Å². The van der Waals surface area contributed by atoms with Crippen LogP contribution in [0.15, 0.2) is 0 Å². The van der Waals surface area contributed by atoms with Gasteiger partial charge < -0.3 is 9.84 Å². The second kappa shape index (κ2) is 5.69. The first kappa shape index (κ1) is 12.0. The number of aliphatic hydroxyl groups excluding tert-OH is 1. The lowest BCUT2D eigenvalue weighted by molar-refractivity contribution is -0.00102. The fraction of sp³-hybridized carbons (Fsp3) is 1.00. The molecule has 0 aromatic carbocycles. The smallest absolute Gasteiger partial charge is 0.0695 e. The highest BCUT2D eigenvalue weighted by atomic mass is 16.5. The van der Waals surface area contributed by atoms with E-state index in [4.69, 9.17) is 4.74 Å². The van der Waals surface area contributed by atoms with Crippen molar-refractivity contribution >= 4 is 0 Å². The fourth-order valence-electron chi connectivity index (χ4n) is 2.25. The molecule has 3 nitrogen and oxygen atoms in total. The second-order valence-electron chi connectivity index (χ2n) is 4.39. The molecule has 0 aromatic rings. The van der Waals surface area contributed by atoms with Gasteiger partial charge in [-0.15, -0.1) is 0 Å². The SMILES string of the molecule is COCC(C)N(C)[C@@H]1CCCC[C@H]1O. The molecule has 3 atom stereocenters. The van der Waals surface area contributed by atoms with Crippen LogP contribution in [0.5, 0.6) is 0 Å². The highest BCUT2D eigenvalue weighted by Crippen LogP contribution is 2.23. The molecule has 1 fully saturated rings.